The number of imidazole rings is 1. The average Bonchev–Trinajstić information content (AvgIpc) is 3.36. The molecule has 1 aliphatic rings. The van der Waals surface area contributed by atoms with Gasteiger partial charge in [-0.25, -0.2) is 26.2 Å². The van der Waals surface area contributed by atoms with E-state index >= 15 is 0 Å². The zero-order valence-corrected chi connectivity index (χ0v) is 24.2. The Morgan fingerprint density at radius 1 is 1.20 bits per heavy atom. The monoisotopic (exact) mass is 590 g/mol. The molecule has 3 aromatic rings. The number of ether oxygens (including phenoxy) is 1. The number of nitrogens with zero attached hydrogens (tertiary/aromatic N) is 4. The van der Waals surface area contributed by atoms with Gasteiger partial charge < -0.3 is 14.4 Å². The van der Waals surface area contributed by atoms with Crippen molar-refractivity contribution in [2.45, 2.75) is 35.9 Å². The number of aliphatic hydroxyl groups is 1. The van der Waals surface area contributed by atoms with Gasteiger partial charge >= 0.3 is 0 Å². The molecule has 0 amide bonds. The Kier molecular flexibility index (Phi) is 8.67. The van der Waals surface area contributed by atoms with Gasteiger partial charge in [-0.15, -0.1) is 0 Å². The highest BCUT2D eigenvalue weighted by Gasteiger charge is 2.39. The standard InChI is InChI=1S/C27H31FN4O6S2/c1-19-14-32(20(2)17-33)39(34,35)26-12-9-22(6-5-21-7-10-23(28)11-8-21)13-24(26)38-25(19)15-31(4)40(36,37)27-16-30(3)18-29-27/h7-13,16,18-20,25,33H,14-15,17H2,1-4H3/t19-,20+,25-/m0/s1. The minimum absolute atomic E-state index is 0.00222. The average molecular weight is 591 g/mol. The molecule has 3 atom stereocenters. The minimum Gasteiger partial charge on any atom is -0.487 e. The summed E-state index contributed by atoms with van der Waals surface area (Å²) in [6.45, 7) is 2.87. The highest BCUT2D eigenvalue weighted by Crippen LogP contribution is 2.34. The van der Waals surface area contributed by atoms with Crippen molar-refractivity contribution >= 4 is 20.0 Å². The second-order valence-corrected chi connectivity index (χ2v) is 13.7. The highest BCUT2D eigenvalue weighted by atomic mass is 32.2. The molecule has 4 rings (SSSR count). The summed E-state index contributed by atoms with van der Waals surface area (Å²) in [6, 6.07) is 9.32. The summed E-state index contributed by atoms with van der Waals surface area (Å²) in [4.78, 5) is 3.84. The van der Waals surface area contributed by atoms with Gasteiger partial charge in [0.15, 0.2) is 5.03 Å². The largest absolute Gasteiger partial charge is 0.487 e. The van der Waals surface area contributed by atoms with Crippen LogP contribution >= 0.6 is 0 Å². The van der Waals surface area contributed by atoms with Crippen LogP contribution in [-0.4, -0.2) is 79.0 Å². The van der Waals surface area contributed by atoms with Crippen LogP contribution in [0.3, 0.4) is 0 Å². The van der Waals surface area contributed by atoms with Crippen molar-refractivity contribution in [2.75, 3.05) is 26.7 Å². The Hall–Kier alpha value is -3.28. The first-order valence-electron chi connectivity index (χ1n) is 12.5. The van der Waals surface area contributed by atoms with Gasteiger partial charge in [-0.3, -0.25) is 0 Å². The summed E-state index contributed by atoms with van der Waals surface area (Å²) < 4.78 is 77.0. The first-order valence-corrected chi connectivity index (χ1v) is 15.4. The molecule has 2 aromatic carbocycles. The van der Waals surface area contributed by atoms with Gasteiger partial charge in [0, 0.05) is 49.9 Å². The molecule has 2 heterocycles. The maximum Gasteiger partial charge on any atom is 0.261 e. The fourth-order valence-corrected chi connectivity index (χ4v) is 7.20. The molecular weight excluding hydrogens is 559 g/mol. The summed E-state index contributed by atoms with van der Waals surface area (Å²) in [5.74, 6) is 5.01. The predicted octanol–water partition coefficient (Wildman–Crippen LogP) is 2.05. The van der Waals surface area contributed by atoms with Crippen LogP contribution in [0.15, 0.2) is 64.9 Å². The molecule has 0 spiro atoms. The Morgan fingerprint density at radius 2 is 1.85 bits per heavy atom. The van der Waals surface area contributed by atoms with E-state index < -0.39 is 44.7 Å². The van der Waals surface area contributed by atoms with E-state index in [1.165, 1.54) is 70.9 Å². The molecule has 0 aliphatic carbocycles. The van der Waals surface area contributed by atoms with E-state index in [9.17, 15) is 26.3 Å². The molecule has 0 fully saturated rings. The molecule has 0 saturated heterocycles. The number of fused-ring (bicyclic) bond motifs is 1. The van der Waals surface area contributed by atoms with Crippen LogP contribution in [0.4, 0.5) is 4.39 Å². The van der Waals surface area contributed by atoms with Crippen molar-refractivity contribution in [1.29, 1.82) is 0 Å². The molecule has 10 nitrogen and oxygen atoms in total. The third-order valence-corrected chi connectivity index (χ3v) is 10.4. The lowest BCUT2D eigenvalue weighted by Gasteiger charge is -2.37. The zero-order valence-electron chi connectivity index (χ0n) is 22.5. The summed E-state index contributed by atoms with van der Waals surface area (Å²) in [6.07, 6.45) is 2.03. The fraction of sp³-hybridized carbons (Fsp3) is 0.370. The first kappa shape index (κ1) is 29.7. The lowest BCUT2D eigenvalue weighted by molar-refractivity contribution is 0.0904. The number of aryl methyl sites for hydroxylation is 1. The molecule has 214 valence electrons. The fourth-order valence-electron chi connectivity index (χ4n) is 4.23. The van der Waals surface area contributed by atoms with E-state index in [1.54, 1.807) is 20.9 Å². The molecule has 0 bridgehead atoms. The molecule has 0 saturated carbocycles. The molecule has 1 aromatic heterocycles. The van der Waals surface area contributed by atoms with E-state index in [4.69, 9.17) is 4.74 Å². The number of rotatable bonds is 6. The van der Waals surface area contributed by atoms with Crippen molar-refractivity contribution < 1.29 is 31.1 Å². The summed E-state index contributed by atoms with van der Waals surface area (Å²) in [5, 5.41) is 9.71. The Bertz CT molecular complexity index is 1650. The van der Waals surface area contributed by atoms with Crippen LogP contribution in [0.2, 0.25) is 0 Å². The molecular formula is C27H31FN4O6S2. The van der Waals surface area contributed by atoms with Gasteiger partial charge in [-0.05, 0) is 49.4 Å². The lowest BCUT2D eigenvalue weighted by Crippen LogP contribution is -2.50. The normalized spacial score (nSPS) is 20.0. The smallest absolute Gasteiger partial charge is 0.261 e. The number of halogens is 1. The lowest BCUT2D eigenvalue weighted by atomic mass is 10.0. The maximum absolute atomic E-state index is 13.7. The summed E-state index contributed by atoms with van der Waals surface area (Å²) >= 11 is 0. The number of aromatic nitrogens is 2. The zero-order chi connectivity index (χ0) is 29.2. The topological polar surface area (TPSA) is 122 Å². The SMILES string of the molecule is C[C@H](CO)N1C[C@H](C)[C@H](CN(C)S(=O)(=O)c2cn(C)cn2)Oc2cc(C#Cc3ccc(F)cc3)ccc2S1(=O)=O. The van der Waals surface area contributed by atoms with Crippen LogP contribution in [0.1, 0.15) is 25.0 Å². The van der Waals surface area contributed by atoms with Gasteiger partial charge in [-0.2, -0.15) is 8.61 Å². The Morgan fingerprint density at radius 3 is 2.48 bits per heavy atom. The predicted molar refractivity (Wildman–Crippen MR) is 146 cm³/mol. The van der Waals surface area contributed by atoms with Crippen LogP contribution in [-0.2, 0) is 27.1 Å². The summed E-state index contributed by atoms with van der Waals surface area (Å²) in [5.41, 5.74) is 1.01. The van der Waals surface area contributed by atoms with Crippen molar-refractivity contribution in [3.05, 3.63) is 71.9 Å². The third kappa shape index (κ3) is 6.21. The van der Waals surface area contributed by atoms with Crippen molar-refractivity contribution in [1.82, 2.24) is 18.2 Å². The van der Waals surface area contributed by atoms with Gasteiger partial charge in [0.25, 0.3) is 10.0 Å². The van der Waals surface area contributed by atoms with Gasteiger partial charge in [-0.1, -0.05) is 18.8 Å². The van der Waals surface area contributed by atoms with Crippen molar-refractivity contribution in [3.8, 4) is 17.6 Å². The van der Waals surface area contributed by atoms with Crippen LogP contribution in [0, 0.1) is 23.6 Å². The first-order chi connectivity index (χ1) is 18.8. The van der Waals surface area contributed by atoms with E-state index in [2.05, 4.69) is 16.8 Å². The second kappa shape index (κ2) is 11.7. The van der Waals surface area contributed by atoms with Crippen molar-refractivity contribution in [3.63, 3.8) is 0 Å². The highest BCUT2D eigenvalue weighted by molar-refractivity contribution is 7.89. The van der Waals surface area contributed by atoms with E-state index in [-0.39, 0.29) is 34.6 Å². The number of hydrogen-bond acceptors (Lipinski definition) is 7. The van der Waals surface area contributed by atoms with E-state index in [0.29, 0.717) is 11.1 Å². The number of sulfonamides is 2. The van der Waals surface area contributed by atoms with Gasteiger partial charge in [0.2, 0.25) is 10.0 Å². The van der Waals surface area contributed by atoms with E-state index in [0.717, 1.165) is 4.31 Å². The molecule has 1 N–H and O–H groups in total. The number of aliphatic hydroxyl groups excluding tert-OH is 1. The molecule has 13 heteroatoms. The molecule has 0 unspecified atom stereocenters. The van der Waals surface area contributed by atoms with Crippen LogP contribution in [0.5, 0.6) is 5.75 Å². The number of benzene rings is 2. The second-order valence-electron chi connectivity index (χ2n) is 9.82. The Balaban J connectivity index is 1.74. The number of likely N-dealkylation sites (N-methyl/N-ethyl adjacent to an activating group) is 1. The third-order valence-electron chi connectivity index (χ3n) is 6.66. The molecule has 0 radical (unpaired) electrons. The van der Waals surface area contributed by atoms with Crippen LogP contribution < -0.4 is 4.74 Å². The number of hydrogen-bond donors (Lipinski definition) is 1. The van der Waals surface area contributed by atoms with Crippen molar-refractivity contribution in [2.24, 2.45) is 13.0 Å². The van der Waals surface area contributed by atoms with Gasteiger partial charge in [0.05, 0.1) is 19.5 Å². The molecule has 40 heavy (non-hydrogen) atoms. The van der Waals surface area contributed by atoms with E-state index in [1.807, 2.05) is 0 Å². The van der Waals surface area contributed by atoms with Gasteiger partial charge in [0.1, 0.15) is 22.6 Å². The maximum atomic E-state index is 13.7. The molecule has 1 aliphatic heterocycles. The summed E-state index contributed by atoms with van der Waals surface area (Å²) in [7, 11) is -4.95. The quantitative estimate of drug-likeness (QED) is 0.436. The minimum atomic E-state index is -4.08. The Labute approximate surface area is 234 Å². The van der Waals surface area contributed by atoms with Crippen LogP contribution in [0.25, 0.3) is 0 Å².